The summed E-state index contributed by atoms with van der Waals surface area (Å²) in [6.07, 6.45) is 1.59. The van der Waals surface area contributed by atoms with E-state index in [0.717, 1.165) is 37.1 Å². The number of amides is 1. The number of hydrogen-bond donors (Lipinski definition) is 2. The Bertz CT molecular complexity index is 1350. The van der Waals surface area contributed by atoms with Gasteiger partial charge in [-0.1, -0.05) is 30.3 Å². The van der Waals surface area contributed by atoms with Crippen molar-refractivity contribution >= 4 is 21.6 Å². The zero-order valence-electron chi connectivity index (χ0n) is 20.5. The highest BCUT2D eigenvalue weighted by Crippen LogP contribution is 2.52. The number of carbonyl (C=O) groups excluding carboxylic acids is 1. The van der Waals surface area contributed by atoms with Crippen LogP contribution in [-0.2, 0) is 22.0 Å². The van der Waals surface area contributed by atoms with Crippen molar-refractivity contribution in [2.45, 2.75) is 42.7 Å². The van der Waals surface area contributed by atoms with Gasteiger partial charge in [-0.05, 0) is 86.4 Å². The number of piperidine rings is 1. The minimum absolute atomic E-state index is 0.171. The molecule has 0 aromatic heterocycles. The van der Waals surface area contributed by atoms with E-state index in [9.17, 15) is 13.2 Å². The molecule has 1 unspecified atom stereocenters. The maximum atomic E-state index is 13.9. The van der Waals surface area contributed by atoms with Gasteiger partial charge in [-0.25, -0.2) is 8.42 Å². The van der Waals surface area contributed by atoms with Crippen LogP contribution in [0.5, 0.6) is 5.75 Å². The van der Waals surface area contributed by atoms with E-state index in [0.29, 0.717) is 23.5 Å². The van der Waals surface area contributed by atoms with Crippen molar-refractivity contribution in [3.05, 3.63) is 89.5 Å². The standard InChI is InChI=1S/C28H31N3O4S/c1-20-28(14-16-29-17-15-28)25-18-22(27(32)30-19-21-6-4-3-5-7-21)8-13-26(25)31(20)36(33,34)24-11-9-23(35-2)10-12-24/h3-13,18,20,29H,14-17,19H2,1-2H3,(H,30,32). The maximum Gasteiger partial charge on any atom is 0.264 e. The average Bonchev–Trinajstić information content (AvgIpc) is 3.15. The monoisotopic (exact) mass is 505 g/mol. The first-order valence-electron chi connectivity index (χ1n) is 12.2. The van der Waals surface area contributed by atoms with Gasteiger partial charge < -0.3 is 15.4 Å². The summed E-state index contributed by atoms with van der Waals surface area (Å²) < 4.78 is 34.6. The Morgan fingerprint density at radius 3 is 2.42 bits per heavy atom. The highest BCUT2D eigenvalue weighted by Gasteiger charge is 2.53. The molecule has 1 atom stereocenters. The van der Waals surface area contributed by atoms with Crippen LogP contribution in [0.3, 0.4) is 0 Å². The number of methoxy groups -OCH3 is 1. The van der Waals surface area contributed by atoms with Crippen molar-refractivity contribution in [3.8, 4) is 5.75 Å². The summed E-state index contributed by atoms with van der Waals surface area (Å²) in [6.45, 7) is 4.01. The molecule has 188 valence electrons. The van der Waals surface area contributed by atoms with Crippen LogP contribution >= 0.6 is 0 Å². The number of fused-ring (bicyclic) bond motifs is 2. The highest BCUT2D eigenvalue weighted by molar-refractivity contribution is 7.92. The summed E-state index contributed by atoms with van der Waals surface area (Å²) in [6, 6.07) is 21.4. The van der Waals surface area contributed by atoms with Gasteiger partial charge in [0.15, 0.2) is 0 Å². The zero-order valence-corrected chi connectivity index (χ0v) is 21.3. The molecule has 1 amide bonds. The Hall–Kier alpha value is -3.36. The summed E-state index contributed by atoms with van der Waals surface area (Å²) >= 11 is 0. The average molecular weight is 506 g/mol. The van der Waals surface area contributed by atoms with Crippen LogP contribution in [-0.4, -0.2) is 40.6 Å². The van der Waals surface area contributed by atoms with Gasteiger partial charge in [-0.2, -0.15) is 0 Å². The molecular formula is C28H31N3O4S. The Balaban J connectivity index is 1.52. The summed E-state index contributed by atoms with van der Waals surface area (Å²) in [5.41, 5.74) is 2.78. The molecule has 5 rings (SSSR count). The van der Waals surface area contributed by atoms with Gasteiger partial charge in [0.2, 0.25) is 0 Å². The van der Waals surface area contributed by atoms with Gasteiger partial charge in [0.1, 0.15) is 5.75 Å². The molecule has 0 aliphatic carbocycles. The number of benzene rings is 3. The Labute approximate surface area is 212 Å². The molecule has 2 N–H and O–H groups in total. The number of nitrogens with one attached hydrogen (secondary N) is 2. The summed E-state index contributed by atoms with van der Waals surface area (Å²) in [4.78, 5) is 13.3. The summed E-state index contributed by atoms with van der Waals surface area (Å²) in [5.74, 6) is 0.430. The molecule has 1 saturated heterocycles. The lowest BCUT2D eigenvalue weighted by Gasteiger charge is -2.40. The van der Waals surface area contributed by atoms with Crippen molar-refractivity contribution < 1.29 is 17.9 Å². The number of sulfonamides is 1. The molecule has 7 nitrogen and oxygen atoms in total. The second-order valence-corrected chi connectivity index (χ2v) is 11.3. The fourth-order valence-electron chi connectivity index (χ4n) is 5.57. The third kappa shape index (κ3) is 4.14. The van der Waals surface area contributed by atoms with Crippen LogP contribution in [0, 0.1) is 0 Å². The van der Waals surface area contributed by atoms with Crippen molar-refractivity contribution in [1.82, 2.24) is 10.6 Å². The molecule has 0 saturated carbocycles. The van der Waals surface area contributed by atoms with Crippen molar-refractivity contribution in [2.24, 2.45) is 0 Å². The van der Waals surface area contributed by atoms with E-state index in [4.69, 9.17) is 4.74 Å². The molecule has 2 aliphatic heterocycles. The molecule has 0 radical (unpaired) electrons. The van der Waals surface area contributed by atoms with Crippen LogP contribution in [0.4, 0.5) is 5.69 Å². The third-order valence-electron chi connectivity index (χ3n) is 7.59. The van der Waals surface area contributed by atoms with Crippen LogP contribution < -0.4 is 19.7 Å². The van der Waals surface area contributed by atoms with Gasteiger partial charge >= 0.3 is 0 Å². The van der Waals surface area contributed by atoms with E-state index < -0.39 is 10.0 Å². The maximum absolute atomic E-state index is 13.9. The molecule has 2 aliphatic rings. The molecule has 3 aromatic rings. The van der Waals surface area contributed by atoms with Crippen LogP contribution in [0.25, 0.3) is 0 Å². The molecule has 0 bridgehead atoms. The predicted molar refractivity (Wildman–Crippen MR) is 140 cm³/mol. The molecular weight excluding hydrogens is 474 g/mol. The van der Waals surface area contributed by atoms with Gasteiger partial charge in [0, 0.05) is 17.5 Å². The highest BCUT2D eigenvalue weighted by atomic mass is 32.2. The molecule has 1 fully saturated rings. The van der Waals surface area contributed by atoms with Crippen molar-refractivity contribution in [3.63, 3.8) is 0 Å². The second kappa shape index (κ2) is 9.59. The lowest BCUT2D eigenvalue weighted by atomic mass is 9.70. The van der Waals surface area contributed by atoms with Crippen LogP contribution in [0.2, 0.25) is 0 Å². The van der Waals surface area contributed by atoms with Gasteiger partial charge in [-0.3, -0.25) is 9.10 Å². The third-order valence-corrected chi connectivity index (χ3v) is 9.49. The molecule has 36 heavy (non-hydrogen) atoms. The first kappa shape index (κ1) is 24.3. The largest absolute Gasteiger partial charge is 0.497 e. The SMILES string of the molecule is COc1ccc(S(=O)(=O)N2c3ccc(C(=O)NCc4ccccc4)cc3C3(CCNCC3)C2C)cc1. The number of nitrogens with zero attached hydrogens (tertiary/aromatic N) is 1. The molecule has 8 heteroatoms. The minimum Gasteiger partial charge on any atom is -0.497 e. The number of hydrogen-bond acceptors (Lipinski definition) is 5. The fourth-order valence-corrected chi connectivity index (χ4v) is 7.31. The molecule has 3 aromatic carbocycles. The van der Waals surface area contributed by atoms with E-state index in [1.165, 1.54) is 0 Å². The topological polar surface area (TPSA) is 87.7 Å². The van der Waals surface area contributed by atoms with Gasteiger partial charge in [0.05, 0.1) is 23.7 Å². The van der Waals surface area contributed by atoms with Crippen LogP contribution in [0.1, 0.15) is 41.3 Å². The number of rotatable bonds is 6. The summed E-state index contributed by atoms with van der Waals surface area (Å²) in [5, 5.41) is 6.39. The minimum atomic E-state index is -3.82. The van der Waals surface area contributed by atoms with Crippen molar-refractivity contribution in [2.75, 3.05) is 24.5 Å². The van der Waals surface area contributed by atoms with E-state index in [1.54, 1.807) is 47.8 Å². The molecule has 2 heterocycles. The summed E-state index contributed by atoms with van der Waals surface area (Å²) in [7, 11) is -2.27. The van der Waals surface area contributed by atoms with Gasteiger partial charge in [0.25, 0.3) is 15.9 Å². The Kier molecular flexibility index (Phi) is 6.49. The first-order valence-corrected chi connectivity index (χ1v) is 13.7. The van der Waals surface area contributed by atoms with Gasteiger partial charge in [-0.15, -0.1) is 0 Å². The number of ether oxygens (including phenoxy) is 1. The fraction of sp³-hybridized carbons (Fsp3) is 0.321. The first-order chi connectivity index (χ1) is 17.4. The predicted octanol–water partition coefficient (Wildman–Crippen LogP) is 3.84. The normalized spacial score (nSPS) is 18.6. The zero-order chi connectivity index (χ0) is 25.3. The Morgan fingerprint density at radius 1 is 1.06 bits per heavy atom. The van der Waals surface area contributed by atoms with E-state index in [-0.39, 0.29) is 22.3 Å². The lowest BCUT2D eigenvalue weighted by molar-refractivity contribution is 0.0950. The van der Waals surface area contributed by atoms with E-state index >= 15 is 0 Å². The smallest absolute Gasteiger partial charge is 0.264 e. The number of anilines is 1. The van der Waals surface area contributed by atoms with E-state index in [2.05, 4.69) is 10.6 Å². The van der Waals surface area contributed by atoms with Crippen molar-refractivity contribution in [1.29, 1.82) is 0 Å². The Morgan fingerprint density at radius 2 is 1.75 bits per heavy atom. The van der Waals surface area contributed by atoms with E-state index in [1.807, 2.05) is 43.3 Å². The lowest BCUT2D eigenvalue weighted by Crippen LogP contribution is -2.50. The second-order valence-electron chi connectivity index (χ2n) is 9.46. The van der Waals surface area contributed by atoms with Crippen LogP contribution in [0.15, 0.2) is 77.7 Å². The quantitative estimate of drug-likeness (QED) is 0.532. The molecule has 1 spiro atoms. The number of carbonyl (C=O) groups is 1.